The Morgan fingerprint density at radius 2 is 1.77 bits per heavy atom. The first-order valence-corrected chi connectivity index (χ1v) is 4.76. The van der Waals surface area contributed by atoms with Gasteiger partial charge in [0, 0.05) is 11.5 Å². The Kier molecular flexibility index (Phi) is 4.33. The molecule has 0 heterocycles. The van der Waals surface area contributed by atoms with E-state index in [4.69, 9.17) is 12.2 Å². The number of thiocarbonyl (C=S) groups is 1. The maximum Gasteiger partial charge on any atom is 0.231 e. The minimum Gasteiger partial charge on any atom is -0.360 e. The largest absolute Gasteiger partial charge is 0.360 e. The zero-order chi connectivity index (χ0) is 10.6. The topological polar surface area (TPSA) is 41.1 Å². The van der Waals surface area contributed by atoms with E-state index in [0.29, 0.717) is 5.11 Å². The highest BCUT2D eigenvalue weighted by molar-refractivity contribution is 7.80. The number of amides is 1. The first kappa shape index (κ1) is 12.4. The molecular weight excluding hydrogens is 184 g/mol. The van der Waals surface area contributed by atoms with Gasteiger partial charge in [-0.25, -0.2) is 0 Å². The fourth-order valence-corrected chi connectivity index (χ4v) is 0.917. The van der Waals surface area contributed by atoms with Gasteiger partial charge in [0.1, 0.15) is 0 Å². The summed E-state index contributed by atoms with van der Waals surface area (Å²) < 4.78 is 0. The van der Waals surface area contributed by atoms with Crippen LogP contribution in [0.25, 0.3) is 0 Å². The van der Waals surface area contributed by atoms with E-state index in [1.165, 1.54) is 0 Å². The fourth-order valence-electron chi connectivity index (χ4n) is 0.589. The molecule has 0 aromatic carbocycles. The molecule has 0 saturated heterocycles. The molecule has 0 aliphatic heterocycles. The van der Waals surface area contributed by atoms with E-state index in [0.717, 1.165) is 0 Å². The number of hydrogen-bond donors (Lipinski definition) is 2. The molecule has 0 aliphatic rings. The summed E-state index contributed by atoms with van der Waals surface area (Å²) in [6.45, 7) is 9.48. The molecule has 3 nitrogen and oxygen atoms in total. The molecule has 0 fully saturated rings. The lowest BCUT2D eigenvalue weighted by atomic mass is 9.96. The number of rotatable bonds is 1. The van der Waals surface area contributed by atoms with Gasteiger partial charge in [-0.2, -0.15) is 0 Å². The van der Waals surface area contributed by atoms with Gasteiger partial charge in [-0.1, -0.05) is 20.8 Å². The minimum atomic E-state index is -0.400. The predicted octanol–water partition coefficient (Wildman–Crippen LogP) is 1.43. The summed E-state index contributed by atoms with van der Waals surface area (Å²) in [5, 5.41) is 5.98. The second-order valence-corrected chi connectivity index (χ2v) is 4.74. The number of nitrogens with one attached hydrogen (secondary N) is 2. The molecule has 0 atom stereocenters. The van der Waals surface area contributed by atoms with Crippen molar-refractivity contribution in [2.24, 2.45) is 5.41 Å². The van der Waals surface area contributed by atoms with Crippen molar-refractivity contribution in [3.63, 3.8) is 0 Å². The van der Waals surface area contributed by atoms with Gasteiger partial charge in [-0.15, -0.1) is 0 Å². The molecule has 0 aromatic rings. The number of carbonyl (C=O) groups is 1. The molecule has 0 radical (unpaired) electrons. The van der Waals surface area contributed by atoms with Crippen molar-refractivity contribution in [1.82, 2.24) is 10.6 Å². The van der Waals surface area contributed by atoms with Crippen LogP contribution in [0.5, 0.6) is 0 Å². The van der Waals surface area contributed by atoms with Crippen LogP contribution < -0.4 is 10.6 Å². The summed E-state index contributed by atoms with van der Waals surface area (Å²) in [6.07, 6.45) is 0. The Morgan fingerprint density at radius 3 is 2.08 bits per heavy atom. The predicted molar refractivity (Wildman–Crippen MR) is 58.5 cm³/mol. The van der Waals surface area contributed by atoms with Gasteiger partial charge in [-0.05, 0) is 26.1 Å². The quantitative estimate of drug-likeness (QED) is 0.632. The Balaban J connectivity index is 4.01. The highest BCUT2D eigenvalue weighted by Crippen LogP contribution is 2.11. The SMILES string of the molecule is CC(C)NC(=S)NC(=O)C(C)(C)C. The molecule has 1 amide bonds. The molecule has 0 bridgehead atoms. The van der Waals surface area contributed by atoms with Crippen LogP contribution in [0.3, 0.4) is 0 Å². The van der Waals surface area contributed by atoms with Crippen molar-refractivity contribution in [2.45, 2.75) is 40.7 Å². The Morgan fingerprint density at radius 1 is 1.31 bits per heavy atom. The van der Waals surface area contributed by atoms with Crippen molar-refractivity contribution in [1.29, 1.82) is 0 Å². The van der Waals surface area contributed by atoms with Gasteiger partial charge in [0.2, 0.25) is 5.91 Å². The summed E-state index contributed by atoms with van der Waals surface area (Å²) in [6, 6.07) is 0.243. The summed E-state index contributed by atoms with van der Waals surface area (Å²) >= 11 is 4.93. The monoisotopic (exact) mass is 202 g/mol. The minimum absolute atomic E-state index is 0.0642. The third-order valence-electron chi connectivity index (χ3n) is 1.33. The van der Waals surface area contributed by atoms with Crippen LogP contribution in [0, 0.1) is 5.41 Å². The van der Waals surface area contributed by atoms with Crippen LogP contribution in [0.2, 0.25) is 0 Å². The summed E-state index contributed by atoms with van der Waals surface area (Å²) in [4.78, 5) is 11.4. The molecule has 0 rings (SSSR count). The summed E-state index contributed by atoms with van der Waals surface area (Å²) in [7, 11) is 0. The standard InChI is InChI=1S/C9H18N2OS/c1-6(2)10-8(13)11-7(12)9(3,4)5/h6H,1-5H3,(H2,10,11,12,13). The van der Waals surface area contributed by atoms with Gasteiger partial charge in [-0.3, -0.25) is 4.79 Å². The molecular formula is C9H18N2OS. The Hall–Kier alpha value is -0.640. The van der Waals surface area contributed by atoms with Gasteiger partial charge in [0.05, 0.1) is 0 Å². The van der Waals surface area contributed by atoms with Gasteiger partial charge < -0.3 is 10.6 Å². The van der Waals surface area contributed by atoms with E-state index >= 15 is 0 Å². The van der Waals surface area contributed by atoms with Crippen molar-refractivity contribution in [2.75, 3.05) is 0 Å². The second-order valence-electron chi connectivity index (χ2n) is 4.33. The van der Waals surface area contributed by atoms with E-state index in [1.54, 1.807) is 0 Å². The smallest absolute Gasteiger partial charge is 0.231 e. The number of carbonyl (C=O) groups excluding carboxylic acids is 1. The lowest BCUT2D eigenvalue weighted by Crippen LogP contribution is -2.46. The molecule has 0 saturated carbocycles. The zero-order valence-electron chi connectivity index (χ0n) is 8.89. The van der Waals surface area contributed by atoms with E-state index in [1.807, 2.05) is 34.6 Å². The van der Waals surface area contributed by atoms with Crippen molar-refractivity contribution < 1.29 is 4.79 Å². The van der Waals surface area contributed by atoms with Crippen LogP contribution in [0.1, 0.15) is 34.6 Å². The average molecular weight is 202 g/mol. The first-order chi connectivity index (χ1) is 5.73. The molecule has 2 N–H and O–H groups in total. The van der Waals surface area contributed by atoms with Crippen LogP contribution in [0.4, 0.5) is 0 Å². The van der Waals surface area contributed by atoms with Crippen molar-refractivity contribution >= 4 is 23.2 Å². The maximum absolute atomic E-state index is 11.4. The lowest BCUT2D eigenvalue weighted by Gasteiger charge is -2.19. The zero-order valence-corrected chi connectivity index (χ0v) is 9.71. The van der Waals surface area contributed by atoms with Gasteiger partial charge >= 0.3 is 0 Å². The van der Waals surface area contributed by atoms with Gasteiger partial charge in [0.25, 0.3) is 0 Å². The Bertz CT molecular complexity index is 206. The van der Waals surface area contributed by atoms with Crippen LogP contribution >= 0.6 is 12.2 Å². The van der Waals surface area contributed by atoms with E-state index in [9.17, 15) is 4.79 Å². The lowest BCUT2D eigenvalue weighted by molar-refractivity contribution is -0.126. The van der Waals surface area contributed by atoms with E-state index in [-0.39, 0.29) is 11.9 Å². The Labute approximate surface area is 85.3 Å². The molecule has 13 heavy (non-hydrogen) atoms. The van der Waals surface area contributed by atoms with Crippen molar-refractivity contribution in [3.8, 4) is 0 Å². The molecule has 0 aromatic heterocycles. The van der Waals surface area contributed by atoms with E-state index in [2.05, 4.69) is 10.6 Å². The van der Waals surface area contributed by atoms with Crippen LogP contribution in [-0.2, 0) is 4.79 Å². The molecule has 0 spiro atoms. The normalized spacial score (nSPS) is 11.2. The van der Waals surface area contributed by atoms with Crippen LogP contribution in [0.15, 0.2) is 0 Å². The first-order valence-electron chi connectivity index (χ1n) is 4.35. The highest BCUT2D eigenvalue weighted by Gasteiger charge is 2.21. The number of hydrogen-bond acceptors (Lipinski definition) is 2. The molecule has 76 valence electrons. The third-order valence-corrected chi connectivity index (χ3v) is 1.55. The molecule has 0 aliphatic carbocycles. The van der Waals surface area contributed by atoms with Crippen LogP contribution in [-0.4, -0.2) is 17.1 Å². The highest BCUT2D eigenvalue weighted by atomic mass is 32.1. The molecule has 0 unspecified atom stereocenters. The van der Waals surface area contributed by atoms with E-state index < -0.39 is 5.41 Å². The van der Waals surface area contributed by atoms with Gasteiger partial charge in [0.15, 0.2) is 5.11 Å². The summed E-state index contributed by atoms with van der Waals surface area (Å²) in [5.74, 6) is -0.0642. The second kappa shape index (κ2) is 4.56. The van der Waals surface area contributed by atoms with Crippen molar-refractivity contribution in [3.05, 3.63) is 0 Å². The third kappa shape index (κ3) is 5.58. The fraction of sp³-hybridized carbons (Fsp3) is 0.778. The maximum atomic E-state index is 11.4. The average Bonchev–Trinajstić information content (AvgIpc) is 1.82. The summed E-state index contributed by atoms with van der Waals surface area (Å²) in [5.41, 5.74) is -0.400. The molecule has 4 heteroatoms.